The zero-order valence-corrected chi connectivity index (χ0v) is 17.2. The van der Waals surface area contributed by atoms with Crippen molar-refractivity contribution in [3.63, 3.8) is 0 Å². The molecular weight excluding hydrogens is 374 g/mol. The first-order chi connectivity index (χ1) is 14.3. The summed E-state index contributed by atoms with van der Waals surface area (Å²) in [6, 6.07) is 20.8. The summed E-state index contributed by atoms with van der Waals surface area (Å²) >= 11 is 0. The van der Waals surface area contributed by atoms with Crippen molar-refractivity contribution < 1.29 is 9.59 Å². The van der Waals surface area contributed by atoms with Crippen LogP contribution in [-0.2, 0) is 4.79 Å². The zero-order chi connectivity index (χ0) is 21.3. The van der Waals surface area contributed by atoms with E-state index >= 15 is 0 Å². The van der Waals surface area contributed by atoms with E-state index in [-0.39, 0.29) is 11.8 Å². The Hall–Kier alpha value is -3.73. The van der Waals surface area contributed by atoms with E-state index in [1.54, 1.807) is 30.5 Å². The first-order valence-corrected chi connectivity index (χ1v) is 9.82. The molecule has 5 heteroatoms. The fourth-order valence-corrected chi connectivity index (χ4v) is 3.29. The molecule has 0 atom stereocenters. The van der Waals surface area contributed by atoms with Crippen LogP contribution in [0.5, 0.6) is 0 Å². The van der Waals surface area contributed by atoms with Gasteiger partial charge in [0.25, 0.3) is 5.91 Å². The Morgan fingerprint density at radius 2 is 1.50 bits per heavy atom. The number of carbonyl (C=O) groups excluding carboxylic acids is 2. The molecule has 2 N–H and O–H groups in total. The third kappa shape index (κ3) is 3.87. The van der Waals surface area contributed by atoms with Gasteiger partial charge in [0.1, 0.15) is 0 Å². The number of carbonyl (C=O) groups is 2. The van der Waals surface area contributed by atoms with Gasteiger partial charge in [0.2, 0.25) is 5.91 Å². The third-order valence-corrected chi connectivity index (χ3v) is 4.92. The van der Waals surface area contributed by atoms with Crippen LogP contribution in [-0.4, -0.2) is 16.8 Å². The minimum atomic E-state index is -0.505. The lowest BCUT2D eigenvalue weighted by Gasteiger charge is -2.18. The van der Waals surface area contributed by atoms with E-state index in [9.17, 15) is 9.59 Å². The molecule has 5 nitrogen and oxygen atoms in total. The smallest absolute Gasteiger partial charge is 0.257 e. The van der Waals surface area contributed by atoms with Crippen molar-refractivity contribution in [1.82, 2.24) is 4.98 Å². The van der Waals surface area contributed by atoms with Gasteiger partial charge in [0.15, 0.2) is 0 Å². The van der Waals surface area contributed by atoms with Gasteiger partial charge in [-0.1, -0.05) is 57.2 Å². The van der Waals surface area contributed by atoms with Crippen LogP contribution < -0.4 is 10.6 Å². The Bertz CT molecular complexity index is 1270. The van der Waals surface area contributed by atoms with Crippen LogP contribution in [0.3, 0.4) is 0 Å². The van der Waals surface area contributed by atoms with Crippen molar-refractivity contribution in [2.24, 2.45) is 5.41 Å². The molecule has 0 aliphatic carbocycles. The highest BCUT2D eigenvalue weighted by atomic mass is 16.2. The number of anilines is 2. The summed E-state index contributed by atoms with van der Waals surface area (Å²) in [4.78, 5) is 29.8. The fourth-order valence-electron chi connectivity index (χ4n) is 3.29. The predicted octanol–water partition coefficient (Wildman–Crippen LogP) is 5.62. The largest absolute Gasteiger partial charge is 0.326 e. The summed E-state index contributed by atoms with van der Waals surface area (Å²) < 4.78 is 0. The van der Waals surface area contributed by atoms with Gasteiger partial charge in [0, 0.05) is 28.4 Å². The second kappa shape index (κ2) is 7.59. The topological polar surface area (TPSA) is 71.1 Å². The number of rotatable bonds is 3. The first-order valence-electron chi connectivity index (χ1n) is 9.82. The second-order valence-corrected chi connectivity index (χ2v) is 8.28. The van der Waals surface area contributed by atoms with Gasteiger partial charge in [-0.25, -0.2) is 0 Å². The summed E-state index contributed by atoms with van der Waals surface area (Å²) in [5.74, 6) is -0.334. The number of benzene rings is 3. The molecule has 0 fully saturated rings. The van der Waals surface area contributed by atoms with Gasteiger partial charge >= 0.3 is 0 Å². The summed E-state index contributed by atoms with van der Waals surface area (Å²) in [5, 5.41) is 8.80. The lowest BCUT2D eigenvalue weighted by Crippen LogP contribution is -2.27. The van der Waals surface area contributed by atoms with E-state index in [0.717, 1.165) is 16.2 Å². The average molecular weight is 397 g/mol. The van der Waals surface area contributed by atoms with Crippen LogP contribution in [0.15, 0.2) is 72.9 Å². The van der Waals surface area contributed by atoms with E-state index in [1.807, 2.05) is 63.2 Å². The molecule has 0 bridgehead atoms. The van der Waals surface area contributed by atoms with Gasteiger partial charge in [-0.15, -0.1) is 0 Å². The highest BCUT2D eigenvalue weighted by Gasteiger charge is 2.21. The van der Waals surface area contributed by atoms with E-state index in [2.05, 4.69) is 15.6 Å². The molecule has 0 saturated carbocycles. The molecule has 0 saturated heterocycles. The maximum absolute atomic E-state index is 13.1. The molecule has 0 aliphatic rings. The summed E-state index contributed by atoms with van der Waals surface area (Å²) in [7, 11) is 0. The molecule has 1 aromatic heterocycles. The quantitative estimate of drug-likeness (QED) is 0.441. The third-order valence-electron chi connectivity index (χ3n) is 4.92. The Kier molecular flexibility index (Phi) is 4.96. The molecule has 2 amide bonds. The second-order valence-electron chi connectivity index (χ2n) is 8.28. The van der Waals surface area contributed by atoms with Gasteiger partial charge in [0.05, 0.1) is 11.1 Å². The van der Waals surface area contributed by atoms with E-state index in [0.29, 0.717) is 22.5 Å². The SMILES string of the molecule is CC(C)(C)C(=O)Nc1cccc(NC(=O)c2cc3ccccc3c3cccnc23)c1. The van der Waals surface area contributed by atoms with Crippen molar-refractivity contribution in [1.29, 1.82) is 0 Å². The monoisotopic (exact) mass is 397 g/mol. The number of nitrogens with zero attached hydrogens (tertiary/aromatic N) is 1. The molecule has 0 unspecified atom stereocenters. The lowest BCUT2D eigenvalue weighted by molar-refractivity contribution is -0.123. The number of aromatic nitrogens is 1. The summed E-state index contributed by atoms with van der Waals surface area (Å²) in [6.45, 7) is 5.56. The Morgan fingerprint density at radius 1 is 0.800 bits per heavy atom. The minimum absolute atomic E-state index is 0.0873. The number of fused-ring (bicyclic) bond motifs is 3. The average Bonchev–Trinajstić information content (AvgIpc) is 2.72. The standard InChI is InChI=1S/C25H23N3O2/c1-25(2,3)24(30)28-18-10-6-9-17(15-18)27-23(29)21-14-16-8-4-5-11-19(16)20-12-7-13-26-22(20)21/h4-15H,1-3H3,(H,27,29)(H,28,30). The number of amides is 2. The van der Waals surface area contributed by atoms with Crippen LogP contribution in [0.25, 0.3) is 21.7 Å². The van der Waals surface area contributed by atoms with Crippen LogP contribution in [0.1, 0.15) is 31.1 Å². The van der Waals surface area contributed by atoms with Crippen LogP contribution in [0, 0.1) is 5.41 Å². The predicted molar refractivity (Wildman–Crippen MR) is 122 cm³/mol. The number of hydrogen-bond donors (Lipinski definition) is 2. The maximum atomic E-state index is 13.1. The van der Waals surface area contributed by atoms with Crippen molar-refractivity contribution in [2.75, 3.05) is 10.6 Å². The Labute approximate surface area is 175 Å². The fraction of sp³-hybridized carbons (Fsp3) is 0.160. The van der Waals surface area contributed by atoms with Crippen LogP contribution >= 0.6 is 0 Å². The molecule has 0 radical (unpaired) electrons. The lowest BCUT2D eigenvalue weighted by atomic mass is 9.95. The minimum Gasteiger partial charge on any atom is -0.326 e. The zero-order valence-electron chi connectivity index (χ0n) is 17.2. The number of nitrogens with one attached hydrogen (secondary N) is 2. The van der Waals surface area contributed by atoms with Crippen LogP contribution in [0.4, 0.5) is 11.4 Å². The van der Waals surface area contributed by atoms with Gasteiger partial charge < -0.3 is 10.6 Å². The first kappa shape index (κ1) is 19.6. The van der Waals surface area contributed by atoms with Gasteiger partial charge in [-0.2, -0.15) is 0 Å². The molecule has 1 heterocycles. The van der Waals surface area contributed by atoms with E-state index in [1.165, 1.54) is 0 Å². The van der Waals surface area contributed by atoms with Crippen molar-refractivity contribution in [2.45, 2.75) is 20.8 Å². The molecule has 0 spiro atoms. The Morgan fingerprint density at radius 3 is 2.27 bits per heavy atom. The van der Waals surface area contributed by atoms with Crippen molar-refractivity contribution in [3.8, 4) is 0 Å². The molecule has 150 valence electrons. The molecule has 3 aromatic carbocycles. The van der Waals surface area contributed by atoms with Gasteiger partial charge in [-0.3, -0.25) is 14.6 Å². The molecule has 4 aromatic rings. The number of hydrogen-bond acceptors (Lipinski definition) is 3. The van der Waals surface area contributed by atoms with Crippen molar-refractivity contribution in [3.05, 3.63) is 78.5 Å². The molecular formula is C25H23N3O2. The summed E-state index contributed by atoms with van der Waals surface area (Å²) in [5.41, 5.74) is 1.90. The molecule has 4 rings (SSSR count). The highest BCUT2D eigenvalue weighted by molar-refractivity contribution is 6.18. The molecule has 0 aliphatic heterocycles. The van der Waals surface area contributed by atoms with Crippen molar-refractivity contribution >= 4 is 44.9 Å². The van der Waals surface area contributed by atoms with E-state index < -0.39 is 5.41 Å². The normalized spacial score (nSPS) is 11.4. The van der Waals surface area contributed by atoms with E-state index in [4.69, 9.17) is 0 Å². The van der Waals surface area contributed by atoms with Crippen LogP contribution in [0.2, 0.25) is 0 Å². The highest BCUT2D eigenvalue weighted by Crippen LogP contribution is 2.28. The maximum Gasteiger partial charge on any atom is 0.257 e. The molecule has 30 heavy (non-hydrogen) atoms. The summed E-state index contributed by atoms with van der Waals surface area (Å²) in [6.07, 6.45) is 1.69. The Balaban J connectivity index is 1.67. The number of pyridine rings is 1. The van der Waals surface area contributed by atoms with Gasteiger partial charge in [-0.05, 0) is 41.1 Å².